The molecule has 0 fully saturated rings. The molecular formula is C25H32N2. The van der Waals surface area contributed by atoms with Gasteiger partial charge in [-0.3, -0.25) is 0 Å². The summed E-state index contributed by atoms with van der Waals surface area (Å²) in [6.07, 6.45) is 2.52. The average molecular weight is 361 g/mol. The Morgan fingerprint density at radius 2 is 1.78 bits per heavy atom. The molecule has 0 amide bonds. The highest BCUT2D eigenvalue weighted by Gasteiger charge is 2.30. The lowest BCUT2D eigenvalue weighted by Gasteiger charge is -2.36. The van der Waals surface area contributed by atoms with Gasteiger partial charge in [0.05, 0.1) is 0 Å². The molecule has 1 aliphatic carbocycles. The van der Waals surface area contributed by atoms with Crippen molar-refractivity contribution in [1.29, 1.82) is 0 Å². The molecule has 1 aliphatic rings. The van der Waals surface area contributed by atoms with Gasteiger partial charge in [0, 0.05) is 23.6 Å². The summed E-state index contributed by atoms with van der Waals surface area (Å²) in [7, 11) is 0. The predicted octanol–water partition coefficient (Wildman–Crippen LogP) is 7.15. The Kier molecular flexibility index (Phi) is 5.46. The zero-order valence-electron chi connectivity index (χ0n) is 17.2. The quantitative estimate of drug-likeness (QED) is 0.534. The molecule has 0 heterocycles. The third kappa shape index (κ3) is 4.44. The summed E-state index contributed by atoms with van der Waals surface area (Å²) < 4.78 is 0. The molecular weight excluding hydrogens is 328 g/mol. The van der Waals surface area contributed by atoms with Crippen LogP contribution in [0, 0.1) is 0 Å². The fourth-order valence-electron chi connectivity index (χ4n) is 3.75. The van der Waals surface area contributed by atoms with E-state index in [4.69, 9.17) is 0 Å². The molecule has 0 saturated carbocycles. The van der Waals surface area contributed by atoms with E-state index in [1.807, 2.05) is 6.92 Å². The van der Waals surface area contributed by atoms with Crippen molar-refractivity contribution in [1.82, 2.24) is 0 Å². The minimum Gasteiger partial charge on any atom is -0.381 e. The van der Waals surface area contributed by atoms with Crippen molar-refractivity contribution in [2.24, 2.45) is 0 Å². The van der Waals surface area contributed by atoms with E-state index in [2.05, 4.69) is 87.0 Å². The van der Waals surface area contributed by atoms with Crippen molar-refractivity contribution in [2.45, 2.75) is 51.9 Å². The Morgan fingerprint density at radius 3 is 2.52 bits per heavy atom. The summed E-state index contributed by atoms with van der Waals surface area (Å²) in [5.41, 5.74) is 8.59. The van der Waals surface area contributed by atoms with Gasteiger partial charge in [-0.05, 0) is 78.1 Å². The topological polar surface area (TPSA) is 24.1 Å². The van der Waals surface area contributed by atoms with Crippen LogP contribution in [0.25, 0.3) is 0 Å². The monoisotopic (exact) mass is 360 g/mol. The maximum absolute atomic E-state index is 4.04. The van der Waals surface area contributed by atoms with Crippen LogP contribution in [-0.4, -0.2) is 6.54 Å². The first-order valence-corrected chi connectivity index (χ1v) is 9.85. The number of fused-ring (bicyclic) bond motifs is 1. The second-order valence-corrected chi connectivity index (χ2v) is 8.57. The van der Waals surface area contributed by atoms with Gasteiger partial charge >= 0.3 is 0 Å². The number of hydrogen-bond donors (Lipinski definition) is 2. The molecule has 0 radical (unpaired) electrons. The van der Waals surface area contributed by atoms with E-state index < -0.39 is 0 Å². The number of nitrogens with one attached hydrogen (secondary N) is 2. The maximum atomic E-state index is 4.04. The Bertz CT molecular complexity index is 860. The lowest BCUT2D eigenvalue weighted by atomic mass is 9.69. The van der Waals surface area contributed by atoms with E-state index in [-0.39, 0.29) is 5.41 Å². The zero-order valence-corrected chi connectivity index (χ0v) is 17.2. The van der Waals surface area contributed by atoms with Crippen LogP contribution in [0.2, 0.25) is 0 Å². The second kappa shape index (κ2) is 7.64. The first-order chi connectivity index (χ1) is 12.8. The van der Waals surface area contributed by atoms with Crippen LogP contribution in [0.3, 0.4) is 0 Å². The van der Waals surface area contributed by atoms with E-state index >= 15 is 0 Å². The third-order valence-corrected chi connectivity index (χ3v) is 5.78. The van der Waals surface area contributed by atoms with E-state index in [0.29, 0.717) is 12.5 Å². The summed E-state index contributed by atoms with van der Waals surface area (Å²) in [5, 5.41) is 7.00. The molecule has 2 aromatic rings. The molecule has 0 saturated heterocycles. The molecule has 1 atom stereocenters. The molecule has 0 spiro atoms. The average Bonchev–Trinajstić information content (AvgIpc) is 2.63. The van der Waals surface area contributed by atoms with Gasteiger partial charge in [-0.1, -0.05) is 51.6 Å². The van der Waals surface area contributed by atoms with Crippen molar-refractivity contribution in [3.05, 3.63) is 77.9 Å². The Morgan fingerprint density at radius 1 is 1.07 bits per heavy atom. The molecule has 2 aromatic carbocycles. The minimum atomic E-state index is 0.242. The molecule has 3 rings (SSSR count). The first-order valence-electron chi connectivity index (χ1n) is 9.85. The molecule has 0 bridgehead atoms. The largest absolute Gasteiger partial charge is 0.381 e. The molecule has 2 N–H and O–H groups in total. The van der Waals surface area contributed by atoms with Gasteiger partial charge in [-0.25, -0.2) is 0 Å². The van der Waals surface area contributed by atoms with Crippen LogP contribution >= 0.6 is 0 Å². The van der Waals surface area contributed by atoms with Gasteiger partial charge in [0.15, 0.2) is 0 Å². The van der Waals surface area contributed by atoms with E-state index in [1.54, 1.807) is 0 Å². The van der Waals surface area contributed by atoms with Crippen LogP contribution in [0.5, 0.6) is 0 Å². The Balaban J connectivity index is 1.77. The normalized spacial score (nSPS) is 17.7. The predicted molar refractivity (Wildman–Crippen MR) is 119 cm³/mol. The minimum absolute atomic E-state index is 0.242. The van der Waals surface area contributed by atoms with Gasteiger partial charge in [-0.15, -0.1) is 0 Å². The van der Waals surface area contributed by atoms with Crippen LogP contribution in [0.15, 0.2) is 66.8 Å². The van der Waals surface area contributed by atoms with Crippen LogP contribution in [0.4, 0.5) is 17.1 Å². The Hall–Kier alpha value is -2.48. The van der Waals surface area contributed by atoms with Crippen LogP contribution < -0.4 is 10.6 Å². The SMILES string of the molecule is C=C(C)C(=C)CNc1cccc(Nc2ccc3c(c2)C(C)(C)CCC3C)c1. The van der Waals surface area contributed by atoms with Gasteiger partial charge in [-0.2, -0.15) is 0 Å². The summed E-state index contributed by atoms with van der Waals surface area (Å²) in [4.78, 5) is 0. The smallest absolute Gasteiger partial charge is 0.0404 e. The Labute approximate surface area is 164 Å². The van der Waals surface area contributed by atoms with E-state index in [9.17, 15) is 0 Å². The lowest BCUT2D eigenvalue weighted by Crippen LogP contribution is -2.25. The standard InChI is InChI=1S/C25H32N2/c1-17(2)19(4)16-26-20-8-7-9-21(14-20)27-22-10-11-23-18(3)12-13-25(5,6)24(23)15-22/h7-11,14-15,18,26-27H,1,4,12-13,16H2,2-3,5-6H3. The van der Waals surface area contributed by atoms with E-state index in [0.717, 1.165) is 28.2 Å². The highest BCUT2D eigenvalue weighted by atomic mass is 14.9. The third-order valence-electron chi connectivity index (χ3n) is 5.78. The van der Waals surface area contributed by atoms with Crippen molar-refractivity contribution in [3.63, 3.8) is 0 Å². The highest BCUT2D eigenvalue weighted by Crippen LogP contribution is 2.43. The van der Waals surface area contributed by atoms with Crippen LogP contribution in [0.1, 0.15) is 57.6 Å². The summed E-state index contributed by atoms with van der Waals surface area (Å²) in [5.74, 6) is 0.649. The lowest BCUT2D eigenvalue weighted by molar-refractivity contribution is 0.402. The fraction of sp³-hybridized carbons (Fsp3) is 0.360. The molecule has 1 unspecified atom stereocenters. The van der Waals surface area contributed by atoms with Gasteiger partial charge < -0.3 is 10.6 Å². The van der Waals surface area contributed by atoms with Gasteiger partial charge in [0.25, 0.3) is 0 Å². The van der Waals surface area contributed by atoms with Crippen LogP contribution in [-0.2, 0) is 5.41 Å². The molecule has 2 nitrogen and oxygen atoms in total. The summed E-state index contributed by atoms with van der Waals surface area (Å²) in [6.45, 7) is 17.7. The molecule has 142 valence electrons. The number of anilines is 3. The number of benzene rings is 2. The molecule has 27 heavy (non-hydrogen) atoms. The van der Waals surface area contributed by atoms with Crippen molar-refractivity contribution < 1.29 is 0 Å². The molecule has 2 heteroatoms. The highest BCUT2D eigenvalue weighted by molar-refractivity contribution is 5.66. The summed E-state index contributed by atoms with van der Waals surface area (Å²) in [6, 6.07) is 15.2. The number of rotatable bonds is 6. The van der Waals surface area contributed by atoms with Gasteiger partial charge in [0.1, 0.15) is 0 Å². The molecule has 0 aliphatic heterocycles. The zero-order chi connectivity index (χ0) is 19.6. The van der Waals surface area contributed by atoms with Crippen molar-refractivity contribution in [2.75, 3.05) is 17.2 Å². The summed E-state index contributed by atoms with van der Waals surface area (Å²) >= 11 is 0. The first kappa shape index (κ1) is 19.3. The van der Waals surface area contributed by atoms with Gasteiger partial charge in [0.2, 0.25) is 0 Å². The van der Waals surface area contributed by atoms with Crippen molar-refractivity contribution >= 4 is 17.1 Å². The maximum Gasteiger partial charge on any atom is 0.0404 e. The molecule has 0 aromatic heterocycles. The second-order valence-electron chi connectivity index (χ2n) is 8.57. The number of hydrogen-bond acceptors (Lipinski definition) is 2. The van der Waals surface area contributed by atoms with Crippen molar-refractivity contribution in [3.8, 4) is 0 Å². The van der Waals surface area contributed by atoms with E-state index in [1.165, 1.54) is 24.0 Å². The fourth-order valence-corrected chi connectivity index (χ4v) is 3.75.